The number of halogens is 1. The fourth-order valence-corrected chi connectivity index (χ4v) is 2.88. The monoisotopic (exact) mass is 268 g/mol. The van der Waals surface area contributed by atoms with Gasteiger partial charge in [-0.25, -0.2) is 0 Å². The average Bonchev–Trinajstić information content (AvgIpc) is 2.28. The number of nitrogens with zero attached hydrogens (tertiary/aromatic N) is 1. The van der Waals surface area contributed by atoms with Crippen molar-refractivity contribution in [1.29, 1.82) is 0 Å². The number of nitrogens with two attached hydrogens (primary N) is 1. The summed E-state index contributed by atoms with van der Waals surface area (Å²) in [7, 11) is 0. The molecule has 1 fully saturated rings. The Bertz CT molecular complexity index is 389. The summed E-state index contributed by atoms with van der Waals surface area (Å²) in [6.07, 6.45) is 0.504. The van der Waals surface area contributed by atoms with E-state index in [1.807, 2.05) is 18.2 Å². The lowest BCUT2D eigenvalue weighted by Crippen LogP contribution is -2.48. The van der Waals surface area contributed by atoms with Crippen molar-refractivity contribution < 1.29 is 4.74 Å². The fourth-order valence-electron chi connectivity index (χ4n) is 2.68. The molecule has 18 heavy (non-hydrogen) atoms. The molecule has 3 atom stereocenters. The first kappa shape index (κ1) is 13.8. The van der Waals surface area contributed by atoms with Gasteiger partial charge in [0.1, 0.15) is 0 Å². The first-order chi connectivity index (χ1) is 8.60. The number of ether oxygens (including phenoxy) is 1. The Hall–Kier alpha value is -0.610. The van der Waals surface area contributed by atoms with Crippen LogP contribution >= 0.6 is 11.6 Å². The zero-order chi connectivity index (χ0) is 13.1. The van der Waals surface area contributed by atoms with Crippen LogP contribution in [-0.2, 0) is 4.74 Å². The molecule has 100 valence electrons. The third kappa shape index (κ3) is 3.23. The molecule has 0 spiro atoms. The van der Waals surface area contributed by atoms with E-state index in [0.717, 1.165) is 18.1 Å². The summed E-state index contributed by atoms with van der Waals surface area (Å²) in [5, 5.41) is 0.764. The molecule has 1 aliphatic heterocycles. The summed E-state index contributed by atoms with van der Waals surface area (Å²) in [4.78, 5) is 2.39. The van der Waals surface area contributed by atoms with Gasteiger partial charge in [-0.15, -0.1) is 0 Å². The molecule has 2 rings (SSSR count). The van der Waals surface area contributed by atoms with Gasteiger partial charge in [-0.3, -0.25) is 4.90 Å². The van der Waals surface area contributed by atoms with E-state index in [4.69, 9.17) is 22.1 Å². The lowest BCUT2D eigenvalue weighted by Gasteiger charge is -2.40. The van der Waals surface area contributed by atoms with Gasteiger partial charge in [0.15, 0.2) is 0 Å². The van der Waals surface area contributed by atoms with Gasteiger partial charge in [0, 0.05) is 30.7 Å². The van der Waals surface area contributed by atoms with Gasteiger partial charge < -0.3 is 10.5 Å². The summed E-state index contributed by atoms with van der Waals surface area (Å²) in [5.41, 5.74) is 7.14. The van der Waals surface area contributed by atoms with Crippen LogP contribution in [0.5, 0.6) is 0 Å². The number of rotatable bonds is 3. The van der Waals surface area contributed by atoms with Gasteiger partial charge in [0.25, 0.3) is 0 Å². The van der Waals surface area contributed by atoms with E-state index in [2.05, 4.69) is 24.8 Å². The second-order valence-corrected chi connectivity index (χ2v) is 5.45. The minimum Gasteiger partial charge on any atom is -0.373 e. The Morgan fingerprint density at radius 3 is 2.61 bits per heavy atom. The third-order valence-corrected chi connectivity index (χ3v) is 3.58. The maximum Gasteiger partial charge on any atom is 0.0678 e. The Morgan fingerprint density at radius 2 is 2.06 bits per heavy atom. The molecule has 0 bridgehead atoms. The van der Waals surface area contributed by atoms with Gasteiger partial charge in [-0.1, -0.05) is 23.7 Å². The standard InChI is InChI=1S/C14H21ClN2O/c1-10-8-17(9-11(2)18-10)14(7-16)12-4-3-5-13(15)6-12/h3-6,10-11,14H,7-9,16H2,1-2H3. The molecule has 3 unspecified atom stereocenters. The number of hydrogen-bond acceptors (Lipinski definition) is 3. The van der Waals surface area contributed by atoms with Gasteiger partial charge in [-0.05, 0) is 31.5 Å². The van der Waals surface area contributed by atoms with E-state index in [1.165, 1.54) is 5.56 Å². The summed E-state index contributed by atoms with van der Waals surface area (Å²) < 4.78 is 5.76. The molecule has 1 aromatic rings. The normalized spacial score (nSPS) is 27.1. The van der Waals surface area contributed by atoms with Crippen molar-refractivity contribution in [1.82, 2.24) is 4.90 Å². The highest BCUT2D eigenvalue weighted by Crippen LogP contribution is 2.25. The molecule has 1 heterocycles. The van der Waals surface area contributed by atoms with Crippen LogP contribution < -0.4 is 5.73 Å². The first-order valence-electron chi connectivity index (χ1n) is 6.45. The Labute approximate surface area is 114 Å². The van der Waals surface area contributed by atoms with E-state index in [-0.39, 0.29) is 18.2 Å². The minimum atomic E-state index is 0.220. The van der Waals surface area contributed by atoms with Crippen molar-refractivity contribution in [3.63, 3.8) is 0 Å². The quantitative estimate of drug-likeness (QED) is 0.915. The highest BCUT2D eigenvalue weighted by molar-refractivity contribution is 6.30. The molecular weight excluding hydrogens is 248 g/mol. The Morgan fingerprint density at radius 1 is 1.39 bits per heavy atom. The van der Waals surface area contributed by atoms with Crippen LogP contribution in [-0.4, -0.2) is 36.7 Å². The van der Waals surface area contributed by atoms with Crippen LogP contribution in [0.15, 0.2) is 24.3 Å². The van der Waals surface area contributed by atoms with E-state index in [1.54, 1.807) is 0 Å². The molecule has 0 amide bonds. The van der Waals surface area contributed by atoms with Gasteiger partial charge in [0.05, 0.1) is 12.2 Å². The molecule has 0 aromatic heterocycles. The SMILES string of the molecule is CC1CN(C(CN)c2cccc(Cl)c2)CC(C)O1. The van der Waals surface area contributed by atoms with Crippen LogP contribution in [0.4, 0.5) is 0 Å². The maximum atomic E-state index is 6.06. The van der Waals surface area contributed by atoms with E-state index >= 15 is 0 Å². The number of benzene rings is 1. The molecule has 2 N–H and O–H groups in total. The topological polar surface area (TPSA) is 38.5 Å². The molecule has 3 nitrogen and oxygen atoms in total. The van der Waals surface area contributed by atoms with Crippen LogP contribution in [0.1, 0.15) is 25.5 Å². The van der Waals surface area contributed by atoms with Gasteiger partial charge in [0.2, 0.25) is 0 Å². The van der Waals surface area contributed by atoms with Crippen molar-refractivity contribution >= 4 is 11.6 Å². The van der Waals surface area contributed by atoms with E-state index in [0.29, 0.717) is 6.54 Å². The Kier molecular flexibility index (Phi) is 4.62. The van der Waals surface area contributed by atoms with E-state index in [9.17, 15) is 0 Å². The molecule has 0 saturated carbocycles. The summed E-state index contributed by atoms with van der Waals surface area (Å²) in [6, 6.07) is 8.19. The molecule has 1 aliphatic rings. The third-order valence-electron chi connectivity index (χ3n) is 3.35. The predicted molar refractivity (Wildman–Crippen MR) is 74.8 cm³/mol. The highest BCUT2D eigenvalue weighted by atomic mass is 35.5. The predicted octanol–water partition coefficient (Wildman–Crippen LogP) is 2.45. The van der Waals surface area contributed by atoms with Crippen molar-refractivity contribution in [2.45, 2.75) is 32.1 Å². The largest absolute Gasteiger partial charge is 0.373 e. The second-order valence-electron chi connectivity index (χ2n) is 5.02. The molecule has 0 aliphatic carbocycles. The van der Waals surface area contributed by atoms with Gasteiger partial charge in [-0.2, -0.15) is 0 Å². The number of morpholine rings is 1. The molecule has 4 heteroatoms. The zero-order valence-electron chi connectivity index (χ0n) is 11.0. The highest BCUT2D eigenvalue weighted by Gasteiger charge is 2.28. The summed E-state index contributed by atoms with van der Waals surface area (Å²) in [6.45, 7) is 6.64. The van der Waals surface area contributed by atoms with Crippen LogP contribution in [0.2, 0.25) is 5.02 Å². The maximum absolute atomic E-state index is 6.06. The summed E-state index contributed by atoms with van der Waals surface area (Å²) in [5.74, 6) is 0. The fraction of sp³-hybridized carbons (Fsp3) is 0.571. The van der Waals surface area contributed by atoms with Crippen molar-refractivity contribution in [3.8, 4) is 0 Å². The van der Waals surface area contributed by atoms with Crippen molar-refractivity contribution in [2.24, 2.45) is 5.73 Å². The molecule has 0 radical (unpaired) electrons. The minimum absolute atomic E-state index is 0.220. The average molecular weight is 269 g/mol. The van der Waals surface area contributed by atoms with Crippen LogP contribution in [0, 0.1) is 0 Å². The van der Waals surface area contributed by atoms with Crippen molar-refractivity contribution in [3.05, 3.63) is 34.9 Å². The lowest BCUT2D eigenvalue weighted by molar-refractivity contribution is -0.0799. The number of hydrogen-bond donors (Lipinski definition) is 1. The molecular formula is C14H21ClN2O. The zero-order valence-corrected chi connectivity index (χ0v) is 11.7. The first-order valence-corrected chi connectivity index (χ1v) is 6.83. The molecule has 1 saturated heterocycles. The van der Waals surface area contributed by atoms with Crippen LogP contribution in [0.25, 0.3) is 0 Å². The van der Waals surface area contributed by atoms with Crippen LogP contribution in [0.3, 0.4) is 0 Å². The Balaban J connectivity index is 2.17. The van der Waals surface area contributed by atoms with Gasteiger partial charge >= 0.3 is 0 Å². The summed E-state index contributed by atoms with van der Waals surface area (Å²) >= 11 is 6.06. The molecule has 1 aromatic carbocycles. The van der Waals surface area contributed by atoms with Crippen molar-refractivity contribution in [2.75, 3.05) is 19.6 Å². The second kappa shape index (κ2) is 6.02. The van der Waals surface area contributed by atoms with E-state index < -0.39 is 0 Å². The smallest absolute Gasteiger partial charge is 0.0678 e. The lowest BCUT2D eigenvalue weighted by atomic mass is 10.0.